The van der Waals surface area contributed by atoms with Crippen molar-refractivity contribution in [3.8, 4) is 5.75 Å². The molecule has 0 unspecified atom stereocenters. The molecule has 3 rings (SSSR count). The summed E-state index contributed by atoms with van der Waals surface area (Å²) in [5.74, 6) is -0.182. The van der Waals surface area contributed by atoms with Crippen LogP contribution in [0.4, 0.5) is 0 Å². The molecule has 2 aliphatic heterocycles. The Morgan fingerprint density at radius 3 is 2.63 bits per heavy atom. The Labute approximate surface area is 176 Å². The maximum Gasteiger partial charge on any atom is 0.262 e. The van der Waals surface area contributed by atoms with Crippen LogP contribution in [0.15, 0.2) is 34.3 Å². The number of benzene rings is 1. The summed E-state index contributed by atoms with van der Waals surface area (Å²) in [5, 5.41) is 18.7. The van der Waals surface area contributed by atoms with Crippen molar-refractivity contribution in [2.24, 2.45) is 5.10 Å². The Balaban J connectivity index is 1.79. The zero-order valence-corrected chi connectivity index (χ0v) is 17.9. The van der Waals surface area contributed by atoms with E-state index < -0.39 is 22.0 Å². The lowest BCUT2D eigenvalue weighted by atomic mass is 10.2. The van der Waals surface area contributed by atoms with E-state index in [0.717, 1.165) is 30.2 Å². The number of piperazine rings is 1. The van der Waals surface area contributed by atoms with Gasteiger partial charge in [0.05, 0.1) is 23.8 Å². The zero-order valence-electron chi connectivity index (χ0n) is 17.1. The number of carbonyl (C=O) groups is 1. The monoisotopic (exact) mass is 439 g/mol. The molecule has 1 aromatic carbocycles. The maximum atomic E-state index is 13.2. The largest absolute Gasteiger partial charge is 0.494 e. The van der Waals surface area contributed by atoms with Gasteiger partial charge in [0.2, 0.25) is 10.0 Å². The minimum Gasteiger partial charge on any atom is -0.494 e. The number of amides is 1. The molecular weight excluding hydrogens is 410 g/mol. The van der Waals surface area contributed by atoms with E-state index in [1.165, 1.54) is 12.1 Å². The third-order valence-electron chi connectivity index (χ3n) is 5.10. The fraction of sp³-hybridized carbons (Fsp3) is 0.579. The highest BCUT2D eigenvalue weighted by Crippen LogP contribution is 2.27. The Hall–Kier alpha value is -2.21. The molecule has 0 aromatic heterocycles. The standard InChI is InChI=1S/C19H29N5O5S/c1-2-3-12-29-16-4-6-17(7-5-16)30(27,28)24-14-15(13-18(24)19(25)22-26)21-23-10-8-20-9-11-23/h4-7,18,20,26H,2-3,8-14H2,1H3,(H,22,25)/b21-15-/t18-/m1/s1. The van der Waals surface area contributed by atoms with Gasteiger partial charge in [-0.1, -0.05) is 13.3 Å². The molecule has 2 aliphatic rings. The van der Waals surface area contributed by atoms with Crippen molar-refractivity contribution in [1.29, 1.82) is 0 Å². The Morgan fingerprint density at radius 1 is 1.30 bits per heavy atom. The second-order valence-electron chi connectivity index (χ2n) is 7.29. The Kier molecular flexibility index (Phi) is 7.64. The molecule has 166 valence electrons. The summed E-state index contributed by atoms with van der Waals surface area (Å²) < 4.78 is 33.1. The molecule has 2 saturated heterocycles. The van der Waals surface area contributed by atoms with Crippen LogP contribution >= 0.6 is 0 Å². The zero-order chi connectivity index (χ0) is 21.6. The average molecular weight is 440 g/mol. The summed E-state index contributed by atoms with van der Waals surface area (Å²) >= 11 is 0. The highest BCUT2D eigenvalue weighted by atomic mass is 32.2. The lowest BCUT2D eigenvalue weighted by molar-refractivity contribution is -0.132. The van der Waals surface area contributed by atoms with Gasteiger partial charge in [-0.3, -0.25) is 15.0 Å². The summed E-state index contributed by atoms with van der Waals surface area (Å²) in [4.78, 5) is 12.2. The maximum absolute atomic E-state index is 13.2. The first-order valence-electron chi connectivity index (χ1n) is 10.2. The van der Waals surface area contributed by atoms with Crippen LogP contribution in [-0.4, -0.2) is 79.9 Å². The predicted molar refractivity (Wildman–Crippen MR) is 111 cm³/mol. The van der Waals surface area contributed by atoms with Crippen LogP contribution in [-0.2, 0) is 14.8 Å². The number of rotatable bonds is 8. The lowest BCUT2D eigenvalue weighted by Crippen LogP contribution is -2.45. The van der Waals surface area contributed by atoms with Crippen LogP contribution in [0.3, 0.4) is 0 Å². The van der Waals surface area contributed by atoms with E-state index >= 15 is 0 Å². The van der Waals surface area contributed by atoms with Gasteiger partial charge in [0.25, 0.3) is 5.91 Å². The van der Waals surface area contributed by atoms with E-state index in [-0.39, 0.29) is 17.9 Å². The van der Waals surface area contributed by atoms with Gasteiger partial charge in [0, 0.05) is 32.6 Å². The number of hydrazone groups is 1. The molecule has 0 saturated carbocycles. The molecular formula is C19H29N5O5S. The SMILES string of the molecule is CCCCOc1ccc(S(=O)(=O)N2C/C(=N\N3CCNCC3)C[C@@H]2C(=O)NO)cc1. The van der Waals surface area contributed by atoms with Crippen molar-refractivity contribution < 1.29 is 23.2 Å². The van der Waals surface area contributed by atoms with Gasteiger partial charge in [0.15, 0.2) is 0 Å². The number of ether oxygens (including phenoxy) is 1. The van der Waals surface area contributed by atoms with Crippen LogP contribution in [0.25, 0.3) is 0 Å². The van der Waals surface area contributed by atoms with E-state index in [1.807, 2.05) is 5.01 Å². The molecule has 0 spiro atoms. The number of hydrogen-bond donors (Lipinski definition) is 3. The van der Waals surface area contributed by atoms with Crippen molar-refractivity contribution in [3.63, 3.8) is 0 Å². The summed E-state index contributed by atoms with van der Waals surface area (Å²) in [6.07, 6.45) is 2.06. The van der Waals surface area contributed by atoms with Crippen molar-refractivity contribution in [3.05, 3.63) is 24.3 Å². The molecule has 30 heavy (non-hydrogen) atoms. The van der Waals surface area contributed by atoms with Crippen molar-refractivity contribution in [2.75, 3.05) is 39.3 Å². The molecule has 1 amide bonds. The Morgan fingerprint density at radius 2 is 2.00 bits per heavy atom. The summed E-state index contributed by atoms with van der Waals surface area (Å²) in [6, 6.07) is 5.10. The molecule has 2 fully saturated rings. The predicted octanol–water partition coefficient (Wildman–Crippen LogP) is 0.395. The summed E-state index contributed by atoms with van der Waals surface area (Å²) in [6.45, 7) is 5.66. The first kappa shape index (κ1) is 22.5. The van der Waals surface area contributed by atoms with Crippen molar-refractivity contribution >= 4 is 21.6 Å². The first-order valence-corrected chi connectivity index (χ1v) is 11.6. The highest BCUT2D eigenvalue weighted by Gasteiger charge is 2.42. The number of carbonyl (C=O) groups excluding carboxylic acids is 1. The van der Waals surface area contributed by atoms with Crippen LogP contribution < -0.4 is 15.5 Å². The average Bonchev–Trinajstić information content (AvgIpc) is 3.19. The first-order chi connectivity index (χ1) is 14.5. The highest BCUT2D eigenvalue weighted by molar-refractivity contribution is 7.89. The topological polar surface area (TPSA) is 124 Å². The smallest absolute Gasteiger partial charge is 0.262 e. The van der Waals surface area contributed by atoms with Gasteiger partial charge in [0.1, 0.15) is 11.8 Å². The van der Waals surface area contributed by atoms with E-state index in [9.17, 15) is 13.2 Å². The van der Waals surface area contributed by atoms with Gasteiger partial charge >= 0.3 is 0 Å². The van der Waals surface area contributed by atoms with Gasteiger partial charge in [-0.15, -0.1) is 0 Å². The van der Waals surface area contributed by atoms with Crippen LogP contribution in [0.2, 0.25) is 0 Å². The van der Waals surface area contributed by atoms with Crippen LogP contribution in [0.5, 0.6) is 5.75 Å². The molecule has 0 aliphatic carbocycles. The molecule has 0 bridgehead atoms. The third kappa shape index (κ3) is 5.28. The second-order valence-corrected chi connectivity index (χ2v) is 9.18. The van der Waals surface area contributed by atoms with Crippen molar-refractivity contribution in [1.82, 2.24) is 20.1 Å². The quantitative estimate of drug-likeness (QED) is 0.304. The molecule has 1 aromatic rings. The molecule has 3 N–H and O–H groups in total. The summed E-state index contributed by atoms with van der Waals surface area (Å²) in [5.41, 5.74) is 2.17. The fourth-order valence-electron chi connectivity index (χ4n) is 3.43. The number of nitrogens with one attached hydrogen (secondary N) is 2. The number of hydrogen-bond acceptors (Lipinski definition) is 8. The third-order valence-corrected chi connectivity index (χ3v) is 6.97. The van der Waals surface area contributed by atoms with Gasteiger partial charge in [-0.25, -0.2) is 13.9 Å². The lowest BCUT2D eigenvalue weighted by Gasteiger charge is -2.25. The van der Waals surface area contributed by atoms with E-state index in [0.29, 0.717) is 31.2 Å². The normalized spacial score (nSPS) is 21.7. The fourth-order valence-corrected chi connectivity index (χ4v) is 5.01. The molecule has 0 radical (unpaired) electrons. The molecule has 11 heteroatoms. The van der Waals surface area contributed by atoms with Gasteiger partial charge in [-0.2, -0.15) is 9.41 Å². The number of sulfonamides is 1. The summed E-state index contributed by atoms with van der Waals surface area (Å²) in [7, 11) is -3.96. The molecule has 2 heterocycles. The minimum absolute atomic E-state index is 0.000893. The number of nitrogens with zero attached hydrogens (tertiary/aromatic N) is 3. The Bertz CT molecular complexity index is 853. The van der Waals surface area contributed by atoms with Crippen LogP contribution in [0, 0.1) is 0 Å². The van der Waals surface area contributed by atoms with Crippen molar-refractivity contribution in [2.45, 2.75) is 37.1 Å². The van der Waals surface area contributed by atoms with Crippen LogP contribution in [0.1, 0.15) is 26.2 Å². The van der Waals surface area contributed by atoms with E-state index in [1.54, 1.807) is 17.6 Å². The van der Waals surface area contributed by atoms with Gasteiger partial charge in [-0.05, 0) is 30.7 Å². The number of unbranched alkanes of at least 4 members (excludes halogenated alkanes) is 1. The second kappa shape index (κ2) is 10.2. The van der Waals surface area contributed by atoms with E-state index in [2.05, 4.69) is 17.3 Å². The molecule has 1 atom stereocenters. The van der Waals surface area contributed by atoms with E-state index in [4.69, 9.17) is 9.94 Å². The minimum atomic E-state index is -3.96. The molecule has 10 nitrogen and oxygen atoms in total. The number of hydroxylamine groups is 1. The van der Waals surface area contributed by atoms with Gasteiger partial charge < -0.3 is 10.1 Å².